The average Bonchev–Trinajstić information content (AvgIpc) is 2.75. The Morgan fingerprint density at radius 2 is 1.67 bits per heavy atom. The number of rotatable bonds is 6. The van der Waals surface area contributed by atoms with Crippen LogP contribution in [0.15, 0.2) is 48.5 Å². The highest BCUT2D eigenvalue weighted by atomic mass is 19.1. The summed E-state index contributed by atoms with van der Waals surface area (Å²) in [6.07, 6.45) is 0.219. The van der Waals surface area contributed by atoms with Crippen molar-refractivity contribution >= 4 is 23.2 Å². The highest BCUT2D eigenvalue weighted by molar-refractivity contribution is 5.94. The summed E-state index contributed by atoms with van der Waals surface area (Å²) in [5.74, 6) is -0.569. The third-order valence-electron chi connectivity index (χ3n) is 5.21. The fourth-order valence-electron chi connectivity index (χ4n) is 3.33. The second kappa shape index (κ2) is 9.45. The minimum Gasteiger partial charge on any atom is -0.340 e. The van der Waals surface area contributed by atoms with Gasteiger partial charge in [-0.2, -0.15) is 0 Å². The van der Waals surface area contributed by atoms with E-state index in [2.05, 4.69) is 5.32 Å². The molecule has 8 nitrogen and oxygen atoms in total. The van der Waals surface area contributed by atoms with Crippen LogP contribution in [-0.4, -0.2) is 58.8 Å². The second-order valence-electron chi connectivity index (χ2n) is 7.19. The Morgan fingerprint density at radius 1 is 1.07 bits per heavy atom. The maximum absolute atomic E-state index is 13.0. The number of anilines is 1. The Kier molecular flexibility index (Phi) is 6.73. The number of hydrogen-bond acceptors (Lipinski definition) is 5. The summed E-state index contributed by atoms with van der Waals surface area (Å²) < 4.78 is 13.0. The van der Waals surface area contributed by atoms with E-state index in [-0.39, 0.29) is 29.7 Å². The van der Waals surface area contributed by atoms with Crippen molar-refractivity contribution in [2.24, 2.45) is 0 Å². The molecular formula is C21H23FN4O4. The van der Waals surface area contributed by atoms with Crippen LogP contribution in [0.4, 0.5) is 15.8 Å². The fourth-order valence-corrected chi connectivity index (χ4v) is 3.33. The van der Waals surface area contributed by atoms with Crippen molar-refractivity contribution in [1.29, 1.82) is 0 Å². The zero-order valence-electron chi connectivity index (χ0n) is 16.6. The molecule has 9 heteroatoms. The van der Waals surface area contributed by atoms with Crippen molar-refractivity contribution in [3.8, 4) is 0 Å². The second-order valence-corrected chi connectivity index (χ2v) is 7.19. The van der Waals surface area contributed by atoms with Crippen molar-refractivity contribution in [2.75, 3.05) is 31.5 Å². The van der Waals surface area contributed by atoms with Crippen molar-refractivity contribution < 1.29 is 18.9 Å². The third-order valence-corrected chi connectivity index (χ3v) is 5.21. The smallest absolute Gasteiger partial charge is 0.269 e. The number of hydrogen-bond donors (Lipinski definition) is 1. The zero-order chi connectivity index (χ0) is 21.7. The summed E-state index contributed by atoms with van der Waals surface area (Å²) in [5, 5.41) is 13.5. The van der Waals surface area contributed by atoms with Crippen LogP contribution in [0.2, 0.25) is 0 Å². The Bertz CT molecular complexity index is 910. The molecule has 3 rings (SSSR count). The molecule has 0 saturated carbocycles. The normalized spacial score (nSPS) is 15.5. The molecule has 0 bridgehead atoms. The number of amides is 2. The molecule has 1 aliphatic heterocycles. The number of halogens is 1. The molecule has 1 atom stereocenters. The van der Waals surface area contributed by atoms with Gasteiger partial charge in [0.25, 0.3) is 5.69 Å². The Balaban J connectivity index is 1.48. The molecular weight excluding hydrogens is 391 g/mol. The number of nitro groups is 1. The standard InChI is InChI=1S/C21H23FN4O4/c1-15(21(28)23-18-6-8-19(9-7-18)26(29)30)24-10-12-25(13-11-24)20(27)14-16-2-4-17(22)5-3-16/h2-9,15H,10-14H2,1H3,(H,23,28). The lowest BCUT2D eigenvalue weighted by Crippen LogP contribution is -2.54. The van der Waals surface area contributed by atoms with Gasteiger partial charge in [-0.3, -0.25) is 24.6 Å². The fraction of sp³-hybridized carbons (Fsp3) is 0.333. The minimum atomic E-state index is -0.495. The van der Waals surface area contributed by atoms with Crippen molar-refractivity contribution in [3.63, 3.8) is 0 Å². The first-order valence-electron chi connectivity index (χ1n) is 9.65. The molecule has 1 N–H and O–H groups in total. The van der Waals surface area contributed by atoms with Crippen LogP contribution >= 0.6 is 0 Å². The Labute approximate surface area is 173 Å². The number of nitrogens with zero attached hydrogens (tertiary/aromatic N) is 3. The number of nitrogens with one attached hydrogen (secondary N) is 1. The van der Waals surface area contributed by atoms with Gasteiger partial charge in [0.2, 0.25) is 11.8 Å². The molecule has 0 radical (unpaired) electrons. The molecule has 2 aromatic carbocycles. The molecule has 0 aromatic heterocycles. The van der Waals surface area contributed by atoms with Crippen LogP contribution in [0.1, 0.15) is 12.5 Å². The number of carbonyl (C=O) groups excluding carboxylic acids is 2. The minimum absolute atomic E-state index is 0.0238. The first-order valence-corrected chi connectivity index (χ1v) is 9.65. The van der Waals surface area contributed by atoms with Gasteiger partial charge in [0.15, 0.2) is 0 Å². The van der Waals surface area contributed by atoms with Crippen LogP contribution in [0.5, 0.6) is 0 Å². The lowest BCUT2D eigenvalue weighted by Gasteiger charge is -2.37. The van der Waals surface area contributed by atoms with Crippen LogP contribution < -0.4 is 5.32 Å². The van der Waals surface area contributed by atoms with Crippen molar-refractivity contribution in [1.82, 2.24) is 9.80 Å². The number of carbonyl (C=O) groups is 2. The number of non-ortho nitro benzene ring substituents is 1. The van der Waals surface area contributed by atoms with Crippen molar-refractivity contribution in [2.45, 2.75) is 19.4 Å². The SMILES string of the molecule is CC(C(=O)Nc1ccc([N+](=O)[O-])cc1)N1CCN(C(=O)Cc2ccc(F)cc2)CC1. The maximum atomic E-state index is 13.0. The molecule has 1 unspecified atom stereocenters. The molecule has 0 spiro atoms. The molecule has 1 heterocycles. The van der Waals surface area contributed by atoms with Gasteiger partial charge in [0.05, 0.1) is 17.4 Å². The third kappa shape index (κ3) is 5.38. The van der Waals surface area contributed by atoms with Gasteiger partial charge in [-0.05, 0) is 36.8 Å². The highest BCUT2D eigenvalue weighted by Crippen LogP contribution is 2.17. The van der Waals surface area contributed by atoms with Gasteiger partial charge in [0, 0.05) is 44.0 Å². The lowest BCUT2D eigenvalue weighted by molar-refractivity contribution is -0.384. The molecule has 30 heavy (non-hydrogen) atoms. The lowest BCUT2D eigenvalue weighted by atomic mass is 10.1. The predicted octanol–water partition coefficient (Wildman–Crippen LogP) is 2.45. The number of nitro benzene ring substituents is 1. The van der Waals surface area contributed by atoms with Crippen LogP contribution in [0, 0.1) is 15.9 Å². The Hall–Kier alpha value is -3.33. The highest BCUT2D eigenvalue weighted by Gasteiger charge is 2.27. The summed E-state index contributed by atoms with van der Waals surface area (Å²) in [6.45, 7) is 3.93. The number of benzene rings is 2. The molecule has 1 aliphatic rings. The van der Waals surface area contributed by atoms with E-state index in [9.17, 15) is 24.1 Å². The van der Waals surface area contributed by atoms with E-state index in [1.165, 1.54) is 36.4 Å². The monoisotopic (exact) mass is 414 g/mol. The van der Waals surface area contributed by atoms with Crippen LogP contribution in [-0.2, 0) is 16.0 Å². The maximum Gasteiger partial charge on any atom is 0.269 e. The van der Waals surface area contributed by atoms with E-state index < -0.39 is 11.0 Å². The topological polar surface area (TPSA) is 95.8 Å². The van der Waals surface area contributed by atoms with Gasteiger partial charge in [-0.25, -0.2) is 4.39 Å². The van der Waals surface area contributed by atoms with E-state index in [0.717, 1.165) is 5.56 Å². The van der Waals surface area contributed by atoms with Gasteiger partial charge >= 0.3 is 0 Å². The predicted molar refractivity (Wildman–Crippen MR) is 109 cm³/mol. The van der Waals surface area contributed by atoms with Gasteiger partial charge in [-0.15, -0.1) is 0 Å². The first kappa shape index (κ1) is 21.4. The molecule has 2 aromatic rings. The first-order chi connectivity index (χ1) is 14.3. The van der Waals surface area contributed by atoms with E-state index >= 15 is 0 Å². The molecule has 2 amide bonds. The summed E-state index contributed by atoms with van der Waals surface area (Å²) in [4.78, 5) is 38.9. The van der Waals surface area contributed by atoms with E-state index in [1.807, 2.05) is 4.90 Å². The summed E-state index contributed by atoms with van der Waals surface area (Å²) in [6, 6.07) is 11.1. The molecule has 0 aliphatic carbocycles. The summed E-state index contributed by atoms with van der Waals surface area (Å²) >= 11 is 0. The van der Waals surface area contributed by atoms with Gasteiger partial charge in [0.1, 0.15) is 5.82 Å². The van der Waals surface area contributed by atoms with E-state index in [1.54, 1.807) is 24.0 Å². The van der Waals surface area contributed by atoms with E-state index in [0.29, 0.717) is 31.9 Å². The van der Waals surface area contributed by atoms with Crippen LogP contribution in [0.3, 0.4) is 0 Å². The average molecular weight is 414 g/mol. The van der Waals surface area contributed by atoms with Crippen LogP contribution in [0.25, 0.3) is 0 Å². The zero-order valence-corrected chi connectivity index (χ0v) is 16.6. The quantitative estimate of drug-likeness (QED) is 0.579. The van der Waals surface area contributed by atoms with Gasteiger partial charge in [-0.1, -0.05) is 12.1 Å². The summed E-state index contributed by atoms with van der Waals surface area (Å²) in [7, 11) is 0. The molecule has 158 valence electrons. The van der Waals surface area contributed by atoms with E-state index in [4.69, 9.17) is 0 Å². The summed E-state index contributed by atoms with van der Waals surface area (Å²) in [5.41, 5.74) is 1.22. The molecule has 1 saturated heterocycles. The number of piperazine rings is 1. The van der Waals surface area contributed by atoms with Gasteiger partial charge < -0.3 is 10.2 Å². The van der Waals surface area contributed by atoms with Crippen molar-refractivity contribution in [3.05, 3.63) is 70.0 Å². The Morgan fingerprint density at radius 3 is 2.23 bits per heavy atom. The molecule has 1 fully saturated rings. The largest absolute Gasteiger partial charge is 0.340 e.